The van der Waals surface area contributed by atoms with Gasteiger partial charge in [0.15, 0.2) is 0 Å². The Morgan fingerprint density at radius 3 is 2.35 bits per heavy atom. The van der Waals surface area contributed by atoms with Gasteiger partial charge in [-0.3, -0.25) is 0 Å². The lowest BCUT2D eigenvalue weighted by atomic mass is 9.73. The summed E-state index contributed by atoms with van der Waals surface area (Å²) in [5, 5.41) is 0. The van der Waals surface area contributed by atoms with Crippen molar-refractivity contribution in [2.45, 2.75) is 48.0 Å². The summed E-state index contributed by atoms with van der Waals surface area (Å²) < 4.78 is 0. The number of hydrogen-bond donors (Lipinski definition) is 0. The van der Waals surface area contributed by atoms with Crippen LogP contribution in [0.5, 0.6) is 0 Å². The van der Waals surface area contributed by atoms with Gasteiger partial charge in [0, 0.05) is 10.8 Å². The Hall–Kier alpha value is -1.04. The quantitative estimate of drug-likeness (QED) is 0.578. The third-order valence-electron chi connectivity index (χ3n) is 4.96. The molecule has 0 heterocycles. The summed E-state index contributed by atoms with van der Waals surface area (Å²) in [5.74, 6) is 0. The van der Waals surface area contributed by atoms with E-state index in [0.717, 1.165) is 0 Å². The molecule has 0 spiro atoms. The molecule has 0 aliphatic heterocycles. The van der Waals surface area contributed by atoms with Crippen LogP contribution in [0.25, 0.3) is 0 Å². The summed E-state index contributed by atoms with van der Waals surface area (Å²) in [6.45, 7) is 13.9. The molecule has 0 aromatic heterocycles. The van der Waals surface area contributed by atoms with E-state index in [-0.39, 0.29) is 10.8 Å². The van der Waals surface area contributed by atoms with E-state index in [0.29, 0.717) is 0 Å². The number of fused-ring (bicyclic) bond motifs is 1. The smallest absolute Gasteiger partial charge is 0.0111 e. The topological polar surface area (TPSA) is 0 Å². The van der Waals surface area contributed by atoms with E-state index in [1.165, 1.54) is 17.6 Å². The van der Waals surface area contributed by atoms with E-state index in [4.69, 9.17) is 0 Å². The van der Waals surface area contributed by atoms with Crippen molar-refractivity contribution in [2.24, 2.45) is 10.8 Å². The predicted octanol–water partition coefficient (Wildman–Crippen LogP) is 5.20. The molecule has 2 aliphatic carbocycles. The van der Waals surface area contributed by atoms with Crippen LogP contribution in [0.2, 0.25) is 0 Å². The largest absolute Gasteiger partial charge is 0.0670 e. The van der Waals surface area contributed by atoms with Crippen LogP contribution in [0.4, 0.5) is 0 Å². The van der Waals surface area contributed by atoms with Crippen molar-refractivity contribution in [3.8, 4) is 0 Å². The van der Waals surface area contributed by atoms with Gasteiger partial charge in [0.1, 0.15) is 0 Å². The van der Waals surface area contributed by atoms with Crippen molar-refractivity contribution >= 4 is 0 Å². The van der Waals surface area contributed by atoms with Gasteiger partial charge in [-0.15, -0.1) is 0 Å². The fourth-order valence-corrected chi connectivity index (χ4v) is 3.06. The van der Waals surface area contributed by atoms with Crippen LogP contribution in [0.3, 0.4) is 0 Å². The minimum atomic E-state index is 0.159. The molecule has 2 rings (SSSR count). The first-order chi connectivity index (χ1) is 7.83. The Kier molecular flexibility index (Phi) is 2.72. The van der Waals surface area contributed by atoms with Gasteiger partial charge in [0.2, 0.25) is 0 Å². The fraction of sp³-hybridized carbons (Fsp3) is 0.529. The minimum absolute atomic E-state index is 0.159. The summed E-state index contributed by atoms with van der Waals surface area (Å²) in [7, 11) is 0. The standard InChI is InChI=1S/C17H24/c1-7-17(6)11-14-10-8-9-12(2)16(4,5)15(14)13(17)3/h8-11H,7H2,1-6H3. The zero-order chi connectivity index (χ0) is 12.8. The van der Waals surface area contributed by atoms with Gasteiger partial charge in [-0.1, -0.05) is 63.1 Å². The van der Waals surface area contributed by atoms with Gasteiger partial charge in [0.05, 0.1) is 0 Å². The Morgan fingerprint density at radius 1 is 1.12 bits per heavy atom. The van der Waals surface area contributed by atoms with E-state index < -0.39 is 0 Å². The fourth-order valence-electron chi connectivity index (χ4n) is 3.06. The Bertz CT molecular complexity index is 466. The number of rotatable bonds is 1. The first kappa shape index (κ1) is 12.4. The molecule has 0 N–H and O–H groups in total. The van der Waals surface area contributed by atoms with Crippen LogP contribution < -0.4 is 0 Å². The molecule has 1 atom stereocenters. The molecule has 0 saturated carbocycles. The second-order valence-corrected chi connectivity index (χ2v) is 6.20. The van der Waals surface area contributed by atoms with E-state index >= 15 is 0 Å². The van der Waals surface area contributed by atoms with E-state index in [2.05, 4.69) is 65.8 Å². The second-order valence-electron chi connectivity index (χ2n) is 6.20. The molecule has 0 fully saturated rings. The molecule has 0 nitrogen and oxygen atoms in total. The molecular weight excluding hydrogens is 204 g/mol. The summed E-state index contributed by atoms with van der Waals surface area (Å²) in [6, 6.07) is 0. The van der Waals surface area contributed by atoms with Crippen molar-refractivity contribution in [2.75, 3.05) is 0 Å². The van der Waals surface area contributed by atoms with Gasteiger partial charge in [-0.25, -0.2) is 0 Å². The van der Waals surface area contributed by atoms with Crippen molar-refractivity contribution in [3.05, 3.63) is 46.6 Å². The Labute approximate surface area is 106 Å². The maximum atomic E-state index is 2.46. The second kappa shape index (κ2) is 3.73. The average Bonchev–Trinajstić information content (AvgIpc) is 2.46. The molecule has 0 amide bonds. The monoisotopic (exact) mass is 228 g/mol. The Balaban J connectivity index is 2.67. The SMILES string of the molecule is CCC1(C)C=C2C=CC=C(C)C(C)(C)C2=C1C. The highest BCUT2D eigenvalue weighted by atomic mass is 14.4. The van der Waals surface area contributed by atoms with Crippen LogP contribution in [-0.4, -0.2) is 0 Å². The molecule has 0 radical (unpaired) electrons. The normalized spacial score (nSPS) is 30.9. The van der Waals surface area contributed by atoms with Crippen molar-refractivity contribution < 1.29 is 0 Å². The highest BCUT2D eigenvalue weighted by molar-refractivity contribution is 5.59. The van der Waals surface area contributed by atoms with Gasteiger partial charge in [-0.05, 0) is 31.4 Å². The molecule has 1 unspecified atom stereocenters. The van der Waals surface area contributed by atoms with E-state index in [9.17, 15) is 0 Å². The summed E-state index contributed by atoms with van der Waals surface area (Å²) in [5.41, 5.74) is 6.40. The summed E-state index contributed by atoms with van der Waals surface area (Å²) in [4.78, 5) is 0. The lowest BCUT2D eigenvalue weighted by molar-refractivity contribution is 0.481. The maximum absolute atomic E-state index is 2.46. The Morgan fingerprint density at radius 2 is 1.76 bits per heavy atom. The van der Waals surface area contributed by atoms with Crippen LogP contribution in [0.1, 0.15) is 48.0 Å². The number of allylic oxidation sites excluding steroid dienone is 8. The molecule has 0 aromatic rings. The van der Waals surface area contributed by atoms with Gasteiger partial charge < -0.3 is 0 Å². The summed E-state index contributed by atoms with van der Waals surface area (Å²) >= 11 is 0. The molecule has 0 saturated heterocycles. The van der Waals surface area contributed by atoms with Gasteiger partial charge in [-0.2, -0.15) is 0 Å². The molecule has 0 heteroatoms. The van der Waals surface area contributed by atoms with E-state index in [1.807, 2.05) is 0 Å². The molecular formula is C17H24. The first-order valence-electron chi connectivity index (χ1n) is 6.63. The minimum Gasteiger partial charge on any atom is -0.0670 e. The van der Waals surface area contributed by atoms with Crippen molar-refractivity contribution in [1.82, 2.24) is 0 Å². The highest BCUT2D eigenvalue weighted by Gasteiger charge is 2.39. The lowest BCUT2D eigenvalue weighted by Gasteiger charge is -2.31. The number of hydrogen-bond acceptors (Lipinski definition) is 0. The molecule has 0 bridgehead atoms. The first-order valence-corrected chi connectivity index (χ1v) is 6.63. The zero-order valence-corrected chi connectivity index (χ0v) is 12.0. The van der Waals surface area contributed by atoms with Crippen LogP contribution in [-0.2, 0) is 0 Å². The molecule has 92 valence electrons. The lowest BCUT2D eigenvalue weighted by Crippen LogP contribution is -2.19. The molecule has 2 aliphatic rings. The highest BCUT2D eigenvalue weighted by Crippen LogP contribution is 2.52. The van der Waals surface area contributed by atoms with Crippen molar-refractivity contribution in [3.63, 3.8) is 0 Å². The predicted molar refractivity (Wildman–Crippen MR) is 75.9 cm³/mol. The zero-order valence-electron chi connectivity index (χ0n) is 12.0. The van der Waals surface area contributed by atoms with Crippen LogP contribution >= 0.6 is 0 Å². The van der Waals surface area contributed by atoms with Gasteiger partial charge >= 0.3 is 0 Å². The van der Waals surface area contributed by atoms with Crippen molar-refractivity contribution in [1.29, 1.82) is 0 Å². The molecule has 0 aromatic carbocycles. The van der Waals surface area contributed by atoms with Crippen LogP contribution in [0, 0.1) is 10.8 Å². The third kappa shape index (κ3) is 1.66. The third-order valence-corrected chi connectivity index (χ3v) is 4.96. The van der Waals surface area contributed by atoms with Gasteiger partial charge in [0.25, 0.3) is 0 Å². The molecule has 17 heavy (non-hydrogen) atoms. The van der Waals surface area contributed by atoms with Crippen LogP contribution in [0.15, 0.2) is 46.6 Å². The van der Waals surface area contributed by atoms with E-state index in [1.54, 1.807) is 11.1 Å². The maximum Gasteiger partial charge on any atom is 0.0111 e. The summed E-state index contributed by atoms with van der Waals surface area (Å²) in [6.07, 6.45) is 10.4. The average molecular weight is 228 g/mol.